The lowest BCUT2D eigenvalue weighted by molar-refractivity contribution is -0.123. The Labute approximate surface area is 109 Å². The van der Waals surface area contributed by atoms with Crippen molar-refractivity contribution in [3.63, 3.8) is 0 Å². The first-order valence-electron chi connectivity index (χ1n) is 5.99. The molecule has 0 unspecified atom stereocenters. The number of nitrogens with one attached hydrogen (secondary N) is 1. The van der Waals surface area contributed by atoms with E-state index in [1.165, 1.54) is 12.1 Å². The van der Waals surface area contributed by atoms with Gasteiger partial charge < -0.3 is 15.2 Å². The molecule has 5 nitrogen and oxygen atoms in total. The minimum Gasteiger partial charge on any atom is -0.478 e. The Hall–Kier alpha value is -1.95. The van der Waals surface area contributed by atoms with Crippen LogP contribution in [0.15, 0.2) is 18.2 Å². The van der Waals surface area contributed by atoms with Gasteiger partial charge >= 0.3 is 5.97 Å². The number of hydrogen-bond donors (Lipinski definition) is 2. The predicted molar refractivity (Wildman–Crippen MR) is 65.5 cm³/mol. The zero-order valence-electron chi connectivity index (χ0n) is 10.2. The van der Waals surface area contributed by atoms with E-state index in [0.717, 1.165) is 12.5 Å². The first-order chi connectivity index (χ1) is 9.08. The first-order valence-corrected chi connectivity index (χ1v) is 5.99. The summed E-state index contributed by atoms with van der Waals surface area (Å²) in [7, 11) is 0. The van der Waals surface area contributed by atoms with Crippen LogP contribution >= 0.6 is 0 Å². The van der Waals surface area contributed by atoms with Gasteiger partial charge in [-0.05, 0) is 31.0 Å². The number of aromatic carboxylic acids is 1. The van der Waals surface area contributed by atoms with Crippen molar-refractivity contribution in [3.05, 3.63) is 29.6 Å². The van der Waals surface area contributed by atoms with Gasteiger partial charge in [0.1, 0.15) is 5.82 Å². The van der Waals surface area contributed by atoms with Crippen LogP contribution in [0.25, 0.3) is 0 Å². The highest BCUT2D eigenvalue weighted by Gasteiger charge is 2.22. The molecule has 1 atom stereocenters. The number of carbonyl (C=O) groups is 2. The Balaban J connectivity index is 2.06. The van der Waals surface area contributed by atoms with Crippen molar-refractivity contribution in [1.29, 1.82) is 0 Å². The number of ether oxygens (including phenoxy) is 1. The fourth-order valence-corrected chi connectivity index (χ4v) is 1.93. The van der Waals surface area contributed by atoms with Gasteiger partial charge in [0.05, 0.1) is 23.8 Å². The predicted octanol–water partition coefficient (Wildman–Crippen LogP) is 1.89. The number of anilines is 1. The van der Waals surface area contributed by atoms with Gasteiger partial charge in [-0.1, -0.05) is 0 Å². The molecule has 1 aromatic carbocycles. The summed E-state index contributed by atoms with van der Waals surface area (Å²) in [5, 5.41) is 11.2. The number of benzene rings is 1. The molecule has 2 N–H and O–H groups in total. The number of carbonyl (C=O) groups excluding carboxylic acids is 1. The second-order valence-electron chi connectivity index (χ2n) is 4.40. The summed E-state index contributed by atoms with van der Waals surface area (Å²) >= 11 is 0. The molecule has 1 fully saturated rings. The summed E-state index contributed by atoms with van der Waals surface area (Å²) in [6.45, 7) is 0.978. The minimum atomic E-state index is -1.21. The summed E-state index contributed by atoms with van der Waals surface area (Å²) in [5.74, 6) is -2.56. The van der Waals surface area contributed by atoms with Crippen molar-refractivity contribution in [3.8, 4) is 0 Å². The van der Waals surface area contributed by atoms with E-state index in [0.29, 0.717) is 19.6 Å². The summed E-state index contributed by atoms with van der Waals surface area (Å²) in [4.78, 5) is 22.5. The molecule has 0 saturated carbocycles. The van der Waals surface area contributed by atoms with Crippen LogP contribution in [0.5, 0.6) is 0 Å². The molecule has 1 aliphatic rings. The Morgan fingerprint density at radius 3 is 2.79 bits per heavy atom. The average molecular weight is 267 g/mol. The van der Waals surface area contributed by atoms with E-state index in [-0.39, 0.29) is 23.1 Å². The Bertz CT molecular complexity index is 497. The van der Waals surface area contributed by atoms with E-state index < -0.39 is 11.8 Å². The zero-order chi connectivity index (χ0) is 13.8. The van der Waals surface area contributed by atoms with E-state index in [1.807, 2.05) is 0 Å². The Morgan fingerprint density at radius 2 is 2.21 bits per heavy atom. The Morgan fingerprint density at radius 1 is 1.42 bits per heavy atom. The molecule has 19 heavy (non-hydrogen) atoms. The van der Waals surface area contributed by atoms with Crippen molar-refractivity contribution in [2.24, 2.45) is 5.92 Å². The van der Waals surface area contributed by atoms with E-state index in [1.54, 1.807) is 0 Å². The van der Waals surface area contributed by atoms with Crippen LogP contribution in [0.3, 0.4) is 0 Å². The number of carboxylic acid groups (broad SMARTS) is 1. The van der Waals surface area contributed by atoms with Gasteiger partial charge in [-0.3, -0.25) is 4.79 Å². The summed E-state index contributed by atoms with van der Waals surface area (Å²) in [5.41, 5.74) is -0.169. The lowest BCUT2D eigenvalue weighted by Gasteiger charge is -2.21. The van der Waals surface area contributed by atoms with Gasteiger partial charge in [0, 0.05) is 6.61 Å². The van der Waals surface area contributed by atoms with Gasteiger partial charge in [0.25, 0.3) is 0 Å². The maximum Gasteiger partial charge on any atom is 0.335 e. The smallest absolute Gasteiger partial charge is 0.335 e. The van der Waals surface area contributed by atoms with Gasteiger partial charge in [-0.15, -0.1) is 0 Å². The quantitative estimate of drug-likeness (QED) is 0.876. The van der Waals surface area contributed by atoms with Crippen LogP contribution in [-0.2, 0) is 9.53 Å². The lowest BCUT2D eigenvalue weighted by Crippen LogP contribution is -2.30. The molecule has 1 aliphatic heterocycles. The molecule has 1 heterocycles. The van der Waals surface area contributed by atoms with Crippen LogP contribution in [0, 0.1) is 11.7 Å². The molecule has 1 aromatic rings. The highest BCUT2D eigenvalue weighted by atomic mass is 19.1. The van der Waals surface area contributed by atoms with Crippen molar-refractivity contribution < 1.29 is 23.8 Å². The van der Waals surface area contributed by atoms with Gasteiger partial charge in [-0.2, -0.15) is 0 Å². The number of amides is 1. The third-order valence-electron chi connectivity index (χ3n) is 3.00. The largest absolute Gasteiger partial charge is 0.478 e. The highest BCUT2D eigenvalue weighted by molar-refractivity contribution is 5.94. The fraction of sp³-hybridized carbons (Fsp3) is 0.385. The topological polar surface area (TPSA) is 75.6 Å². The normalized spacial score (nSPS) is 18.9. The number of carboxylic acids is 1. The highest BCUT2D eigenvalue weighted by Crippen LogP contribution is 2.19. The number of halogens is 1. The Kier molecular flexibility index (Phi) is 4.11. The molecule has 1 amide bonds. The zero-order valence-corrected chi connectivity index (χ0v) is 10.2. The van der Waals surface area contributed by atoms with Crippen molar-refractivity contribution in [1.82, 2.24) is 0 Å². The molecule has 0 radical (unpaired) electrons. The minimum absolute atomic E-state index is 0.0134. The van der Waals surface area contributed by atoms with Gasteiger partial charge in [0.15, 0.2) is 0 Å². The van der Waals surface area contributed by atoms with Crippen molar-refractivity contribution in [2.75, 3.05) is 18.5 Å². The van der Waals surface area contributed by atoms with Crippen molar-refractivity contribution >= 4 is 17.6 Å². The molecule has 102 valence electrons. The first kappa shape index (κ1) is 13.5. The maximum atomic E-state index is 13.6. The molecule has 6 heteroatoms. The SMILES string of the molecule is O=C(O)c1ccc(NC(=O)[C@@H]2CCCOC2)c(F)c1. The summed E-state index contributed by atoms with van der Waals surface area (Å²) in [6, 6.07) is 3.38. The van der Waals surface area contributed by atoms with Gasteiger partial charge in [-0.25, -0.2) is 9.18 Å². The van der Waals surface area contributed by atoms with Crippen LogP contribution in [0.1, 0.15) is 23.2 Å². The summed E-state index contributed by atoms with van der Waals surface area (Å²) < 4.78 is 18.8. The average Bonchev–Trinajstić information content (AvgIpc) is 2.41. The molecule has 0 bridgehead atoms. The molecule has 1 saturated heterocycles. The van der Waals surface area contributed by atoms with E-state index >= 15 is 0 Å². The summed E-state index contributed by atoms with van der Waals surface area (Å²) in [6.07, 6.45) is 1.51. The molecule has 0 aromatic heterocycles. The van der Waals surface area contributed by atoms with E-state index in [4.69, 9.17) is 9.84 Å². The third-order valence-corrected chi connectivity index (χ3v) is 3.00. The van der Waals surface area contributed by atoms with E-state index in [9.17, 15) is 14.0 Å². The number of rotatable bonds is 3. The molecular weight excluding hydrogens is 253 g/mol. The monoisotopic (exact) mass is 267 g/mol. The third kappa shape index (κ3) is 3.29. The second kappa shape index (κ2) is 5.79. The van der Waals surface area contributed by atoms with Gasteiger partial charge in [0.2, 0.25) is 5.91 Å². The maximum absolute atomic E-state index is 13.6. The van der Waals surface area contributed by atoms with Crippen molar-refractivity contribution in [2.45, 2.75) is 12.8 Å². The standard InChI is InChI=1S/C13H14FNO4/c14-10-6-8(13(17)18)3-4-11(10)15-12(16)9-2-1-5-19-7-9/h3-4,6,9H,1-2,5,7H2,(H,15,16)(H,17,18)/t9-/m1/s1. The lowest BCUT2D eigenvalue weighted by atomic mass is 10.0. The molecule has 2 rings (SSSR count). The second-order valence-corrected chi connectivity index (χ2v) is 4.40. The molecule has 0 spiro atoms. The molecule has 0 aliphatic carbocycles. The number of hydrogen-bond acceptors (Lipinski definition) is 3. The van der Waals surface area contributed by atoms with E-state index in [2.05, 4.69) is 5.32 Å². The van der Waals surface area contributed by atoms with Crippen LogP contribution in [0.4, 0.5) is 10.1 Å². The molecular formula is C13H14FNO4. The fourth-order valence-electron chi connectivity index (χ4n) is 1.93. The van der Waals surface area contributed by atoms with Crippen LogP contribution in [0.2, 0.25) is 0 Å². The van der Waals surface area contributed by atoms with Crippen LogP contribution < -0.4 is 5.32 Å². The van der Waals surface area contributed by atoms with Crippen LogP contribution in [-0.4, -0.2) is 30.2 Å².